The third kappa shape index (κ3) is 2.12. The molecule has 0 aromatic heterocycles. The quantitative estimate of drug-likeness (QED) is 0.861. The van der Waals surface area contributed by atoms with E-state index in [0.717, 1.165) is 25.9 Å². The molecule has 0 spiro atoms. The first-order valence-corrected chi connectivity index (χ1v) is 7.35. The molecule has 0 bridgehead atoms. The van der Waals surface area contributed by atoms with Crippen molar-refractivity contribution < 1.29 is 5.11 Å². The Morgan fingerprint density at radius 1 is 1.41 bits per heavy atom. The Morgan fingerprint density at radius 2 is 2.29 bits per heavy atom. The first-order chi connectivity index (χ1) is 8.33. The number of hydrogen-bond acceptors (Lipinski definition) is 3. The molecular weight excluding hydrogens is 230 g/mol. The van der Waals surface area contributed by atoms with Crippen LogP contribution in [0.4, 0.5) is 0 Å². The first kappa shape index (κ1) is 11.6. The van der Waals surface area contributed by atoms with Gasteiger partial charge in [0.1, 0.15) is 0 Å². The molecule has 92 valence electrons. The number of nitrogens with one attached hydrogen (secondary N) is 1. The zero-order valence-electron chi connectivity index (χ0n) is 9.98. The molecule has 2 heterocycles. The van der Waals surface area contributed by atoms with Crippen LogP contribution in [0.1, 0.15) is 24.3 Å². The predicted molar refractivity (Wildman–Crippen MR) is 71.5 cm³/mol. The molecule has 2 nitrogen and oxygen atoms in total. The van der Waals surface area contributed by atoms with Gasteiger partial charge in [-0.1, -0.05) is 18.2 Å². The van der Waals surface area contributed by atoms with Crippen LogP contribution in [0.25, 0.3) is 0 Å². The normalized spacial score (nSPS) is 31.7. The van der Waals surface area contributed by atoms with Crippen molar-refractivity contribution in [1.29, 1.82) is 0 Å². The molecule has 1 aromatic carbocycles. The van der Waals surface area contributed by atoms with Gasteiger partial charge >= 0.3 is 0 Å². The van der Waals surface area contributed by atoms with Crippen LogP contribution >= 0.6 is 11.8 Å². The fraction of sp³-hybridized carbons (Fsp3) is 0.571. The molecule has 1 aromatic rings. The Morgan fingerprint density at radius 3 is 3.06 bits per heavy atom. The SMILES string of the molecule is OCC1(CC2CSc3ccccc32)CCNC1. The monoisotopic (exact) mass is 249 g/mol. The van der Waals surface area contributed by atoms with Crippen LogP contribution < -0.4 is 5.32 Å². The highest BCUT2D eigenvalue weighted by atomic mass is 32.2. The van der Waals surface area contributed by atoms with Crippen molar-refractivity contribution >= 4 is 11.8 Å². The summed E-state index contributed by atoms with van der Waals surface area (Å²) in [6.45, 7) is 2.36. The molecule has 0 aliphatic carbocycles. The summed E-state index contributed by atoms with van der Waals surface area (Å²) in [5, 5.41) is 13.1. The van der Waals surface area contributed by atoms with Crippen LogP contribution in [-0.4, -0.2) is 30.6 Å². The van der Waals surface area contributed by atoms with Crippen LogP contribution in [0.15, 0.2) is 29.2 Å². The molecule has 0 saturated carbocycles. The molecule has 0 amide bonds. The van der Waals surface area contributed by atoms with E-state index in [-0.39, 0.29) is 5.41 Å². The zero-order valence-corrected chi connectivity index (χ0v) is 10.8. The molecule has 2 N–H and O–H groups in total. The Kier molecular flexibility index (Phi) is 3.16. The van der Waals surface area contributed by atoms with Gasteiger partial charge in [-0.3, -0.25) is 0 Å². The number of aliphatic hydroxyl groups is 1. The Balaban J connectivity index is 1.79. The first-order valence-electron chi connectivity index (χ1n) is 6.36. The standard InChI is InChI=1S/C14H19NOS/c16-10-14(5-6-15-9-14)7-11-8-17-13-4-2-1-3-12(11)13/h1-4,11,15-16H,5-10H2. The summed E-state index contributed by atoms with van der Waals surface area (Å²) >= 11 is 1.97. The smallest absolute Gasteiger partial charge is 0.0500 e. The van der Waals surface area contributed by atoms with E-state index in [2.05, 4.69) is 29.6 Å². The highest BCUT2D eigenvalue weighted by Gasteiger charge is 2.37. The lowest BCUT2D eigenvalue weighted by Crippen LogP contribution is -2.30. The van der Waals surface area contributed by atoms with E-state index in [1.165, 1.54) is 16.2 Å². The number of thioether (sulfide) groups is 1. The lowest BCUT2D eigenvalue weighted by Gasteiger charge is -2.29. The highest BCUT2D eigenvalue weighted by Crippen LogP contribution is 2.46. The van der Waals surface area contributed by atoms with E-state index < -0.39 is 0 Å². The molecule has 0 radical (unpaired) electrons. The third-order valence-corrected chi connectivity index (χ3v) is 5.40. The summed E-state index contributed by atoms with van der Waals surface area (Å²) in [6, 6.07) is 8.73. The fourth-order valence-electron chi connectivity index (χ4n) is 3.09. The highest BCUT2D eigenvalue weighted by molar-refractivity contribution is 7.99. The van der Waals surface area contributed by atoms with Crippen molar-refractivity contribution in [3.8, 4) is 0 Å². The molecule has 3 heteroatoms. The molecule has 1 fully saturated rings. The molecule has 2 unspecified atom stereocenters. The van der Waals surface area contributed by atoms with E-state index in [9.17, 15) is 5.11 Å². The minimum atomic E-state index is 0.128. The van der Waals surface area contributed by atoms with Crippen LogP contribution in [-0.2, 0) is 0 Å². The fourth-order valence-corrected chi connectivity index (χ4v) is 4.34. The third-order valence-electron chi connectivity index (χ3n) is 4.15. The van der Waals surface area contributed by atoms with Crippen molar-refractivity contribution in [1.82, 2.24) is 5.32 Å². The van der Waals surface area contributed by atoms with Crippen molar-refractivity contribution in [2.75, 3.05) is 25.4 Å². The predicted octanol–water partition coefficient (Wildman–Crippen LogP) is 2.24. The largest absolute Gasteiger partial charge is 0.396 e. The molecule has 17 heavy (non-hydrogen) atoms. The van der Waals surface area contributed by atoms with Gasteiger partial charge in [0.25, 0.3) is 0 Å². The summed E-state index contributed by atoms with van der Waals surface area (Å²) in [6.07, 6.45) is 2.24. The number of hydrogen-bond donors (Lipinski definition) is 2. The van der Waals surface area contributed by atoms with E-state index in [1.54, 1.807) is 0 Å². The lowest BCUT2D eigenvalue weighted by atomic mass is 9.77. The van der Waals surface area contributed by atoms with Crippen LogP contribution in [0, 0.1) is 5.41 Å². The molecule has 2 aliphatic heterocycles. The van der Waals surface area contributed by atoms with Crippen LogP contribution in [0.3, 0.4) is 0 Å². The molecular formula is C14H19NOS. The molecule has 1 saturated heterocycles. The van der Waals surface area contributed by atoms with E-state index in [0.29, 0.717) is 12.5 Å². The van der Waals surface area contributed by atoms with Gasteiger partial charge in [-0.2, -0.15) is 0 Å². The molecule has 3 rings (SSSR count). The maximum atomic E-state index is 9.68. The van der Waals surface area contributed by atoms with Gasteiger partial charge in [0.05, 0.1) is 0 Å². The number of rotatable bonds is 3. The Bertz CT molecular complexity index is 401. The van der Waals surface area contributed by atoms with Crippen molar-refractivity contribution in [2.45, 2.75) is 23.7 Å². The second-order valence-electron chi connectivity index (χ2n) is 5.33. The second kappa shape index (κ2) is 4.63. The van der Waals surface area contributed by atoms with Crippen LogP contribution in [0.5, 0.6) is 0 Å². The maximum Gasteiger partial charge on any atom is 0.0500 e. The number of fused-ring (bicyclic) bond motifs is 1. The minimum Gasteiger partial charge on any atom is -0.396 e. The van der Waals surface area contributed by atoms with E-state index in [4.69, 9.17) is 0 Å². The van der Waals surface area contributed by atoms with Gasteiger partial charge in [-0.15, -0.1) is 11.8 Å². The Hall–Kier alpha value is -0.510. The van der Waals surface area contributed by atoms with Gasteiger partial charge < -0.3 is 10.4 Å². The maximum absolute atomic E-state index is 9.68. The van der Waals surface area contributed by atoms with Crippen molar-refractivity contribution in [3.05, 3.63) is 29.8 Å². The average molecular weight is 249 g/mol. The topological polar surface area (TPSA) is 32.3 Å². The van der Waals surface area contributed by atoms with E-state index >= 15 is 0 Å². The van der Waals surface area contributed by atoms with Crippen molar-refractivity contribution in [2.24, 2.45) is 5.41 Å². The summed E-state index contributed by atoms with van der Waals surface area (Å²) in [7, 11) is 0. The zero-order chi connectivity index (χ0) is 11.7. The minimum absolute atomic E-state index is 0.128. The number of benzene rings is 1. The van der Waals surface area contributed by atoms with Crippen LogP contribution in [0.2, 0.25) is 0 Å². The lowest BCUT2D eigenvalue weighted by molar-refractivity contribution is 0.127. The van der Waals surface area contributed by atoms with Gasteiger partial charge in [0.2, 0.25) is 0 Å². The number of aliphatic hydroxyl groups excluding tert-OH is 1. The summed E-state index contributed by atoms with van der Waals surface area (Å²) in [4.78, 5) is 1.44. The van der Waals surface area contributed by atoms with Gasteiger partial charge in [0.15, 0.2) is 0 Å². The summed E-state index contributed by atoms with van der Waals surface area (Å²) in [5.41, 5.74) is 1.63. The van der Waals surface area contributed by atoms with Crippen molar-refractivity contribution in [3.63, 3.8) is 0 Å². The molecule has 2 aliphatic rings. The average Bonchev–Trinajstić information content (AvgIpc) is 2.99. The van der Waals surface area contributed by atoms with Gasteiger partial charge in [-0.05, 0) is 36.9 Å². The molecule has 2 atom stereocenters. The van der Waals surface area contributed by atoms with Gasteiger partial charge in [0, 0.05) is 29.2 Å². The van der Waals surface area contributed by atoms with E-state index in [1.807, 2.05) is 11.8 Å². The summed E-state index contributed by atoms with van der Waals surface area (Å²) < 4.78 is 0. The summed E-state index contributed by atoms with van der Waals surface area (Å²) in [5.74, 6) is 1.81. The second-order valence-corrected chi connectivity index (χ2v) is 6.40. The Labute approximate surface area is 107 Å². The van der Waals surface area contributed by atoms with Gasteiger partial charge in [-0.25, -0.2) is 0 Å².